The Bertz CT molecular complexity index is 411. The van der Waals surface area contributed by atoms with Gasteiger partial charge in [-0.1, -0.05) is 56.3 Å². The number of benzene rings is 1. The van der Waals surface area contributed by atoms with E-state index in [-0.39, 0.29) is 35.9 Å². The van der Waals surface area contributed by atoms with E-state index in [0.717, 1.165) is 19.1 Å². The van der Waals surface area contributed by atoms with Crippen LogP contribution in [0.25, 0.3) is 0 Å². The molecule has 0 amide bonds. The largest absolute Gasteiger partial charge is 1.00 e. The Balaban J connectivity index is -0.0000000772. The second-order valence-electron chi connectivity index (χ2n) is 4.78. The molecule has 141 valence electrons. The van der Waals surface area contributed by atoms with Gasteiger partial charge in [0.05, 0.1) is 6.29 Å². The SMILES string of the molecule is CC1CCCC1.CCOCC.O=[C-]c1ccc(Cl)cc1.[C-]#[O+].[C-]#[O+].[Li+].[Mn]. The average molecular weight is 416 g/mol. The fourth-order valence-corrected chi connectivity index (χ4v) is 1.98. The molecule has 26 heavy (non-hydrogen) atoms. The minimum atomic E-state index is 0. The first-order chi connectivity index (χ1) is 11.6. The summed E-state index contributed by atoms with van der Waals surface area (Å²) in [5.41, 5.74) is 0.527. The van der Waals surface area contributed by atoms with Crippen LogP contribution < -0.4 is 18.9 Å². The Hall–Kier alpha value is -0.263. The van der Waals surface area contributed by atoms with Crippen molar-refractivity contribution in [3.63, 3.8) is 0 Å². The van der Waals surface area contributed by atoms with Gasteiger partial charge in [0.1, 0.15) is 0 Å². The molecule has 0 aromatic heterocycles. The first-order valence-corrected chi connectivity index (χ1v) is 8.14. The molecule has 1 aliphatic carbocycles. The zero-order valence-corrected chi connectivity index (χ0v) is 18.0. The van der Waals surface area contributed by atoms with Crippen LogP contribution in [-0.2, 0) is 35.9 Å². The molecule has 2 rings (SSSR count). The van der Waals surface area contributed by atoms with Crippen molar-refractivity contribution in [1.82, 2.24) is 0 Å². The Morgan fingerprint density at radius 3 is 1.65 bits per heavy atom. The van der Waals surface area contributed by atoms with Crippen LogP contribution in [0.1, 0.15) is 52.0 Å². The fourth-order valence-electron chi connectivity index (χ4n) is 1.85. The topological polar surface area (TPSA) is 66.1 Å². The van der Waals surface area contributed by atoms with Crippen molar-refractivity contribution in [1.29, 1.82) is 0 Å². The Labute approximate surface area is 185 Å². The summed E-state index contributed by atoms with van der Waals surface area (Å²) in [5.74, 6) is 1.05. The summed E-state index contributed by atoms with van der Waals surface area (Å²) in [4.78, 5) is 9.95. The smallest absolute Gasteiger partial charge is 0 e. The molecule has 1 fully saturated rings. The van der Waals surface area contributed by atoms with E-state index in [2.05, 4.69) is 20.2 Å². The van der Waals surface area contributed by atoms with E-state index in [1.807, 2.05) is 13.8 Å². The van der Waals surface area contributed by atoms with Gasteiger partial charge in [-0.15, -0.1) is 0 Å². The fraction of sp³-hybridized carbons (Fsp3) is 0.526. The molecule has 0 heterocycles. The van der Waals surface area contributed by atoms with Crippen LogP contribution in [0.2, 0.25) is 5.02 Å². The first-order valence-electron chi connectivity index (χ1n) is 7.76. The van der Waals surface area contributed by atoms with E-state index in [1.165, 1.54) is 25.7 Å². The van der Waals surface area contributed by atoms with Crippen LogP contribution in [0, 0.1) is 19.2 Å². The van der Waals surface area contributed by atoms with Crippen LogP contribution in [0.5, 0.6) is 0 Å². The molecule has 1 aliphatic rings. The van der Waals surface area contributed by atoms with Crippen molar-refractivity contribution in [2.24, 2.45) is 5.92 Å². The average Bonchev–Trinajstić information content (AvgIpc) is 3.12. The quantitative estimate of drug-likeness (QED) is 0.430. The van der Waals surface area contributed by atoms with Gasteiger partial charge in [-0.05, 0) is 19.8 Å². The summed E-state index contributed by atoms with van der Waals surface area (Å²) in [7, 11) is 0. The molecule has 0 bridgehead atoms. The summed E-state index contributed by atoms with van der Waals surface area (Å²) in [6, 6.07) is 6.55. The number of halogens is 1. The Morgan fingerprint density at radius 1 is 1.08 bits per heavy atom. The minimum absolute atomic E-state index is 0. The molecule has 1 radical (unpaired) electrons. The zero-order valence-electron chi connectivity index (χ0n) is 16.0. The van der Waals surface area contributed by atoms with Crippen LogP contribution in [-0.4, -0.2) is 19.5 Å². The van der Waals surface area contributed by atoms with Gasteiger partial charge in [-0.3, -0.25) is 0 Å². The predicted molar refractivity (Wildman–Crippen MR) is 93.9 cm³/mol. The van der Waals surface area contributed by atoms with Crippen molar-refractivity contribution in [3.8, 4) is 0 Å². The normalized spacial score (nSPS) is 10.8. The molecule has 0 aliphatic heterocycles. The second-order valence-corrected chi connectivity index (χ2v) is 5.22. The van der Waals surface area contributed by atoms with Crippen LogP contribution in [0.4, 0.5) is 0 Å². The van der Waals surface area contributed by atoms with E-state index >= 15 is 0 Å². The van der Waals surface area contributed by atoms with E-state index in [0.29, 0.717) is 10.6 Å². The molecule has 0 spiro atoms. The third-order valence-corrected chi connectivity index (χ3v) is 3.27. The van der Waals surface area contributed by atoms with Gasteiger partial charge in [0.2, 0.25) is 0 Å². The van der Waals surface area contributed by atoms with E-state index in [1.54, 1.807) is 30.6 Å². The predicted octanol–water partition coefficient (Wildman–Crippen LogP) is 1.96. The third kappa shape index (κ3) is 28.5. The maximum absolute atomic E-state index is 9.95. The molecule has 1 aromatic rings. The van der Waals surface area contributed by atoms with Crippen molar-refractivity contribution < 1.29 is 54.8 Å². The summed E-state index contributed by atoms with van der Waals surface area (Å²) < 4.78 is 19.8. The molecule has 1 aromatic carbocycles. The molecule has 4 nitrogen and oxygen atoms in total. The van der Waals surface area contributed by atoms with Crippen molar-refractivity contribution in [2.75, 3.05) is 13.2 Å². The van der Waals surface area contributed by atoms with Gasteiger partial charge < -0.3 is 9.53 Å². The molecule has 7 heteroatoms. The second kappa shape index (κ2) is 32.4. The minimum Gasteiger partial charge on any atom is 0 e. The monoisotopic (exact) mass is 415 g/mol. The number of hydrogen-bond donors (Lipinski definition) is 0. The molecule has 1 saturated carbocycles. The number of hydrogen-bond acceptors (Lipinski definition) is 2. The van der Waals surface area contributed by atoms with Gasteiger partial charge in [-0.2, -0.15) is 17.7 Å². The van der Waals surface area contributed by atoms with E-state index in [9.17, 15) is 4.79 Å². The molecular formula is C19H26ClLiMnO4. The van der Waals surface area contributed by atoms with Gasteiger partial charge in [0.15, 0.2) is 0 Å². The Kier molecular flexibility index (Phi) is 45.7. The Morgan fingerprint density at radius 2 is 1.46 bits per heavy atom. The standard InChI is InChI=1S/C7H4ClO.C6H12.C4H10O.2CO.Li.Mn/c8-7-3-1-6(5-9)2-4-7;1-6-4-2-3-5-6;1-3-5-4-2;2*1-2;;/h1-4H;6H,2-5H2,1H3;3-4H2,1-2H3;;;;/q-1;;;;;+1;. The van der Waals surface area contributed by atoms with Crippen molar-refractivity contribution in [2.45, 2.75) is 46.5 Å². The van der Waals surface area contributed by atoms with Gasteiger partial charge >= 0.3 is 41.5 Å². The van der Waals surface area contributed by atoms with Gasteiger partial charge in [0, 0.05) is 35.3 Å². The van der Waals surface area contributed by atoms with E-state index in [4.69, 9.17) is 25.6 Å². The summed E-state index contributed by atoms with van der Waals surface area (Å²) >= 11 is 5.54. The number of carbonyl (C=O) groups excluding carboxylic acids is 1. The zero-order chi connectivity index (χ0) is 19.2. The summed E-state index contributed by atoms with van der Waals surface area (Å²) in [6.07, 6.45) is 7.69. The van der Waals surface area contributed by atoms with Crippen LogP contribution in [0.3, 0.4) is 0 Å². The first kappa shape index (κ1) is 36.6. The summed E-state index contributed by atoms with van der Waals surface area (Å²) in [6.45, 7) is 17.0. The molecule has 0 N–H and O–H groups in total. The third-order valence-electron chi connectivity index (χ3n) is 3.01. The molecule has 0 unspecified atom stereocenters. The molecule has 0 saturated heterocycles. The van der Waals surface area contributed by atoms with Crippen molar-refractivity contribution >= 4 is 17.9 Å². The number of ether oxygens (including phenoxy) is 1. The van der Waals surface area contributed by atoms with Gasteiger partial charge in [-0.25, -0.2) is 0 Å². The molecular weight excluding hydrogens is 390 g/mol. The van der Waals surface area contributed by atoms with Crippen LogP contribution in [0.15, 0.2) is 24.3 Å². The summed E-state index contributed by atoms with van der Waals surface area (Å²) in [5, 5.41) is 0.633. The molecule has 0 atom stereocenters. The maximum atomic E-state index is 9.95. The van der Waals surface area contributed by atoms with Crippen LogP contribution >= 0.6 is 11.6 Å². The maximum Gasteiger partial charge on any atom is 1.00 e. The number of rotatable bonds is 3. The van der Waals surface area contributed by atoms with E-state index < -0.39 is 0 Å². The van der Waals surface area contributed by atoms with Gasteiger partial charge in [0.25, 0.3) is 0 Å². The van der Waals surface area contributed by atoms with Crippen molar-refractivity contribution in [3.05, 3.63) is 48.2 Å².